The first-order valence-corrected chi connectivity index (χ1v) is 8.42. The normalized spacial score (nSPS) is 14.4. The molecule has 1 aliphatic carbocycles. The topological polar surface area (TPSA) is 85.9 Å². The van der Waals surface area contributed by atoms with Crippen molar-refractivity contribution in [2.75, 3.05) is 33.2 Å². The third-order valence-electron chi connectivity index (χ3n) is 4.36. The molecule has 0 unspecified atom stereocenters. The largest absolute Gasteiger partial charge is 0.493 e. The van der Waals surface area contributed by atoms with Gasteiger partial charge in [0.2, 0.25) is 17.6 Å². The summed E-state index contributed by atoms with van der Waals surface area (Å²) >= 11 is 0. The maximum atomic E-state index is 12.6. The summed E-state index contributed by atoms with van der Waals surface area (Å²) in [6, 6.07) is 3.29. The van der Waals surface area contributed by atoms with Gasteiger partial charge in [-0.15, -0.1) is 0 Å². The van der Waals surface area contributed by atoms with Crippen LogP contribution in [0.5, 0.6) is 17.2 Å². The van der Waals surface area contributed by atoms with Crippen molar-refractivity contribution in [3.63, 3.8) is 0 Å². The number of ether oxygens (including phenoxy) is 3. The summed E-state index contributed by atoms with van der Waals surface area (Å²) in [7, 11) is 4.53. The van der Waals surface area contributed by atoms with Gasteiger partial charge < -0.3 is 24.8 Å². The minimum atomic E-state index is -0.964. The van der Waals surface area contributed by atoms with E-state index in [-0.39, 0.29) is 11.8 Å². The Hall–Kier alpha value is -2.44. The highest BCUT2D eigenvalue weighted by atomic mass is 16.5. The fraction of sp³-hybridized carbons (Fsp3) is 0.556. The van der Waals surface area contributed by atoms with E-state index in [2.05, 4.69) is 17.6 Å². The monoisotopic (exact) mass is 350 g/mol. The first kappa shape index (κ1) is 18.9. The first-order valence-electron chi connectivity index (χ1n) is 8.42. The van der Waals surface area contributed by atoms with E-state index in [4.69, 9.17) is 14.2 Å². The van der Waals surface area contributed by atoms with E-state index in [1.54, 1.807) is 12.1 Å². The van der Waals surface area contributed by atoms with Crippen LogP contribution in [0.1, 0.15) is 32.6 Å². The number of carbonyl (C=O) groups is 2. The zero-order chi connectivity index (χ0) is 18.4. The minimum absolute atomic E-state index is 0.203. The summed E-state index contributed by atoms with van der Waals surface area (Å²) in [4.78, 5) is 25.0. The zero-order valence-electron chi connectivity index (χ0n) is 15.2. The van der Waals surface area contributed by atoms with Crippen LogP contribution in [-0.4, -0.2) is 39.7 Å². The van der Waals surface area contributed by atoms with Gasteiger partial charge in [0.25, 0.3) is 0 Å². The fourth-order valence-corrected chi connectivity index (χ4v) is 2.63. The third-order valence-corrected chi connectivity index (χ3v) is 4.36. The number of benzene rings is 1. The number of carbonyl (C=O) groups excluding carboxylic acids is 2. The van der Waals surface area contributed by atoms with Crippen LogP contribution in [0.15, 0.2) is 12.1 Å². The van der Waals surface area contributed by atoms with Crippen LogP contribution in [0.4, 0.5) is 5.69 Å². The van der Waals surface area contributed by atoms with Gasteiger partial charge in [-0.25, -0.2) is 0 Å². The Morgan fingerprint density at radius 2 is 1.64 bits per heavy atom. The molecule has 2 N–H and O–H groups in total. The molecular weight excluding hydrogens is 324 g/mol. The molecule has 7 heteroatoms. The zero-order valence-corrected chi connectivity index (χ0v) is 15.2. The Balaban J connectivity index is 2.13. The lowest BCUT2D eigenvalue weighted by Crippen LogP contribution is -2.40. The van der Waals surface area contributed by atoms with Gasteiger partial charge in [-0.05, 0) is 19.3 Å². The molecule has 0 radical (unpaired) electrons. The average Bonchev–Trinajstić information content (AvgIpc) is 3.42. The summed E-state index contributed by atoms with van der Waals surface area (Å²) in [6.45, 7) is 2.64. The number of anilines is 1. The van der Waals surface area contributed by atoms with E-state index in [1.807, 2.05) is 0 Å². The van der Waals surface area contributed by atoms with Crippen molar-refractivity contribution in [3.8, 4) is 17.2 Å². The molecule has 2 amide bonds. The SMILES string of the molecule is CCCCNC(=O)C1(C(=O)Nc2cc(OC)c(OC)c(OC)c2)CC1. The van der Waals surface area contributed by atoms with Crippen LogP contribution >= 0.6 is 0 Å². The van der Waals surface area contributed by atoms with E-state index in [9.17, 15) is 9.59 Å². The molecule has 0 spiro atoms. The summed E-state index contributed by atoms with van der Waals surface area (Å²) in [6.07, 6.45) is 3.00. The number of rotatable bonds is 9. The standard InChI is InChI=1S/C18H26N2O5/c1-5-6-9-19-16(21)18(7-8-18)17(22)20-12-10-13(23-2)15(25-4)14(11-12)24-3/h10-11H,5-9H2,1-4H3,(H,19,21)(H,20,22). The Morgan fingerprint density at radius 3 is 2.08 bits per heavy atom. The molecule has 0 aromatic heterocycles. The van der Waals surface area contributed by atoms with Crippen molar-refractivity contribution in [2.45, 2.75) is 32.6 Å². The van der Waals surface area contributed by atoms with E-state index in [0.717, 1.165) is 12.8 Å². The van der Waals surface area contributed by atoms with E-state index in [1.165, 1.54) is 21.3 Å². The number of unbranched alkanes of at least 4 members (excludes halogenated alkanes) is 1. The highest BCUT2D eigenvalue weighted by molar-refractivity contribution is 6.13. The second-order valence-electron chi connectivity index (χ2n) is 6.06. The van der Waals surface area contributed by atoms with Gasteiger partial charge in [0.05, 0.1) is 21.3 Å². The van der Waals surface area contributed by atoms with Gasteiger partial charge in [-0.2, -0.15) is 0 Å². The van der Waals surface area contributed by atoms with Crippen molar-refractivity contribution < 1.29 is 23.8 Å². The smallest absolute Gasteiger partial charge is 0.240 e. The number of hydrogen-bond acceptors (Lipinski definition) is 5. The Kier molecular flexibility index (Phi) is 6.12. The summed E-state index contributed by atoms with van der Waals surface area (Å²) in [5.41, 5.74) is -0.471. The van der Waals surface area contributed by atoms with Crippen LogP contribution in [0, 0.1) is 5.41 Å². The van der Waals surface area contributed by atoms with Gasteiger partial charge in [0.1, 0.15) is 5.41 Å². The van der Waals surface area contributed by atoms with Gasteiger partial charge in [-0.3, -0.25) is 9.59 Å². The van der Waals surface area contributed by atoms with Crippen molar-refractivity contribution in [3.05, 3.63) is 12.1 Å². The second-order valence-corrected chi connectivity index (χ2v) is 6.06. The van der Waals surface area contributed by atoms with Crippen molar-refractivity contribution in [2.24, 2.45) is 5.41 Å². The third kappa shape index (κ3) is 3.97. The summed E-state index contributed by atoms with van der Waals surface area (Å²) in [5, 5.41) is 5.65. The van der Waals surface area contributed by atoms with Gasteiger partial charge in [0, 0.05) is 24.4 Å². The second kappa shape index (κ2) is 8.09. The van der Waals surface area contributed by atoms with Crippen LogP contribution < -0.4 is 24.8 Å². The molecular formula is C18H26N2O5. The first-order chi connectivity index (χ1) is 12.0. The molecule has 0 saturated heterocycles. The Labute approximate surface area is 148 Å². The summed E-state index contributed by atoms with van der Waals surface area (Å²) in [5.74, 6) is 0.812. The number of methoxy groups -OCH3 is 3. The van der Waals surface area contributed by atoms with Gasteiger partial charge >= 0.3 is 0 Å². The molecule has 1 aromatic rings. The molecule has 7 nitrogen and oxygen atoms in total. The van der Waals surface area contributed by atoms with Crippen molar-refractivity contribution >= 4 is 17.5 Å². The molecule has 1 aliphatic rings. The van der Waals surface area contributed by atoms with Crippen LogP contribution in [0.3, 0.4) is 0 Å². The van der Waals surface area contributed by atoms with Gasteiger partial charge in [0.15, 0.2) is 11.5 Å². The highest BCUT2D eigenvalue weighted by Crippen LogP contribution is 2.47. The minimum Gasteiger partial charge on any atom is -0.493 e. The molecule has 1 aromatic carbocycles. The molecule has 25 heavy (non-hydrogen) atoms. The Morgan fingerprint density at radius 1 is 1.04 bits per heavy atom. The average molecular weight is 350 g/mol. The molecule has 1 saturated carbocycles. The van der Waals surface area contributed by atoms with E-state index >= 15 is 0 Å². The predicted octanol–water partition coefficient (Wildman–Crippen LogP) is 2.35. The van der Waals surface area contributed by atoms with Crippen LogP contribution in [0.2, 0.25) is 0 Å². The maximum Gasteiger partial charge on any atom is 0.240 e. The quantitative estimate of drug-likeness (QED) is 0.527. The van der Waals surface area contributed by atoms with Crippen LogP contribution in [-0.2, 0) is 9.59 Å². The van der Waals surface area contributed by atoms with E-state index < -0.39 is 5.41 Å². The molecule has 2 rings (SSSR count). The van der Waals surface area contributed by atoms with Crippen molar-refractivity contribution in [1.82, 2.24) is 5.32 Å². The fourth-order valence-electron chi connectivity index (χ4n) is 2.63. The van der Waals surface area contributed by atoms with Crippen molar-refractivity contribution in [1.29, 1.82) is 0 Å². The lowest BCUT2D eigenvalue weighted by molar-refractivity contribution is -0.134. The maximum absolute atomic E-state index is 12.6. The lowest BCUT2D eigenvalue weighted by atomic mass is 10.0. The van der Waals surface area contributed by atoms with E-state index in [0.29, 0.717) is 42.3 Å². The van der Waals surface area contributed by atoms with Crippen LogP contribution in [0.25, 0.3) is 0 Å². The molecule has 0 atom stereocenters. The number of nitrogens with one attached hydrogen (secondary N) is 2. The predicted molar refractivity (Wildman–Crippen MR) is 94.3 cm³/mol. The molecule has 0 aliphatic heterocycles. The molecule has 1 fully saturated rings. The highest BCUT2D eigenvalue weighted by Gasteiger charge is 2.56. The molecule has 0 bridgehead atoms. The number of hydrogen-bond donors (Lipinski definition) is 2. The number of amides is 2. The van der Waals surface area contributed by atoms with Gasteiger partial charge in [-0.1, -0.05) is 13.3 Å². The molecule has 138 valence electrons. The molecule has 0 heterocycles. The summed E-state index contributed by atoms with van der Waals surface area (Å²) < 4.78 is 15.8. The Bertz CT molecular complexity index is 615. The lowest BCUT2D eigenvalue weighted by Gasteiger charge is -2.17.